The molecule has 2 aromatic rings. The van der Waals surface area contributed by atoms with E-state index in [1.807, 2.05) is 0 Å². The molecule has 180 valence electrons. The van der Waals surface area contributed by atoms with Gasteiger partial charge in [0.1, 0.15) is 0 Å². The Morgan fingerprint density at radius 3 is 1.23 bits per heavy atom. The summed E-state index contributed by atoms with van der Waals surface area (Å²) in [6.07, 6.45) is 25.7. The Balaban J connectivity index is 0.000000227. The van der Waals surface area contributed by atoms with E-state index in [9.17, 15) is 0 Å². The average molecular weight is 581 g/mol. The van der Waals surface area contributed by atoms with Crippen molar-refractivity contribution in [1.82, 2.24) is 0 Å². The summed E-state index contributed by atoms with van der Waals surface area (Å²) < 4.78 is 0. The molecule has 2 aromatic carbocycles. The van der Waals surface area contributed by atoms with Gasteiger partial charge in [0.15, 0.2) is 0 Å². The number of hydrogen-bond acceptors (Lipinski definition) is 0. The van der Waals surface area contributed by atoms with E-state index in [1.54, 1.807) is 0 Å². The molecule has 0 aliphatic heterocycles. The van der Waals surface area contributed by atoms with E-state index in [0.717, 1.165) is 11.8 Å². The van der Waals surface area contributed by atoms with Crippen LogP contribution in [-0.2, 0) is 26.2 Å². The molecule has 4 aliphatic rings. The molecule has 0 saturated heterocycles. The van der Waals surface area contributed by atoms with E-state index in [1.165, 1.54) is 35.1 Å². The molecule has 0 nitrogen and oxygen atoms in total. The molecule has 0 N–H and O–H groups in total. The molecule has 4 aliphatic carbocycles. The Morgan fingerprint density at radius 1 is 0.543 bits per heavy atom. The van der Waals surface area contributed by atoms with Crippen LogP contribution >= 0.6 is 0 Å². The van der Waals surface area contributed by atoms with Gasteiger partial charge in [-0.2, -0.15) is 0 Å². The largest absolute Gasteiger partial charge is 4.00 e. The smallest absolute Gasteiger partial charge is 1.00 e. The van der Waals surface area contributed by atoms with Crippen molar-refractivity contribution in [1.29, 1.82) is 0 Å². The van der Waals surface area contributed by atoms with Gasteiger partial charge in [-0.1, -0.05) is 120 Å². The first-order chi connectivity index (χ1) is 15.7. The fourth-order valence-corrected chi connectivity index (χ4v) is 5.63. The van der Waals surface area contributed by atoms with Gasteiger partial charge in [0, 0.05) is 0 Å². The van der Waals surface area contributed by atoms with Crippen LogP contribution in [0.3, 0.4) is 0 Å². The Hall–Kier alpha value is -1.14. The summed E-state index contributed by atoms with van der Waals surface area (Å²) in [5, 5.41) is 0. The van der Waals surface area contributed by atoms with Crippen LogP contribution in [0, 0.1) is 50.4 Å². The molecular weight excluding hydrogens is 546 g/mol. The minimum Gasteiger partial charge on any atom is -1.00 e. The van der Waals surface area contributed by atoms with Crippen LogP contribution in [-0.4, -0.2) is 0 Å². The minimum atomic E-state index is 0. The van der Waals surface area contributed by atoms with Crippen LogP contribution in [0.15, 0.2) is 97.1 Å². The molecule has 6 rings (SSSR count). The maximum Gasteiger partial charge on any atom is 4.00 e. The number of rotatable bonds is 2. The predicted octanol–water partition coefficient (Wildman–Crippen LogP) is 2.10. The van der Waals surface area contributed by atoms with Crippen molar-refractivity contribution in [2.45, 2.75) is 38.5 Å². The molecule has 0 amide bonds. The molecule has 6 atom stereocenters. The Morgan fingerprint density at radius 2 is 0.886 bits per heavy atom. The summed E-state index contributed by atoms with van der Waals surface area (Å²) in [5.74, 6) is 4.08. The zero-order valence-corrected chi connectivity index (χ0v) is 24.5. The first-order valence-electron chi connectivity index (χ1n) is 12.2. The quantitative estimate of drug-likeness (QED) is 0.478. The maximum absolute atomic E-state index is 2.51. The van der Waals surface area contributed by atoms with E-state index >= 15 is 0 Å². The molecule has 0 heterocycles. The van der Waals surface area contributed by atoms with Crippen molar-refractivity contribution in [3.8, 4) is 0 Å². The van der Waals surface area contributed by atoms with E-state index in [-0.39, 0.29) is 51.0 Å². The Kier molecular flexibility index (Phi) is 12.0. The first kappa shape index (κ1) is 30.1. The van der Waals surface area contributed by atoms with Crippen molar-refractivity contribution in [3.05, 3.63) is 132 Å². The third-order valence-electron chi connectivity index (χ3n) is 7.57. The van der Waals surface area contributed by atoms with Crippen LogP contribution in [0.5, 0.6) is 0 Å². The van der Waals surface area contributed by atoms with Crippen molar-refractivity contribution in [2.24, 2.45) is 23.7 Å². The van der Waals surface area contributed by atoms with Crippen LogP contribution in [0.25, 0.3) is 0 Å². The topological polar surface area (TPSA) is 0 Å². The third kappa shape index (κ3) is 7.44. The van der Waals surface area contributed by atoms with Crippen molar-refractivity contribution >= 4 is 0 Å². The molecule has 3 heteroatoms. The van der Waals surface area contributed by atoms with E-state index < -0.39 is 0 Å². The summed E-state index contributed by atoms with van der Waals surface area (Å²) >= 11 is 0. The maximum atomic E-state index is 2.51. The van der Waals surface area contributed by atoms with E-state index in [0.29, 0.717) is 23.7 Å². The number of fused-ring (bicyclic) bond motifs is 2. The first-order valence-corrected chi connectivity index (χ1v) is 12.2. The zero-order valence-electron chi connectivity index (χ0n) is 20.5. The Bertz CT molecular complexity index is 907. The second-order valence-corrected chi connectivity index (χ2v) is 9.91. The van der Waals surface area contributed by atoms with E-state index in [2.05, 4.69) is 124 Å². The summed E-state index contributed by atoms with van der Waals surface area (Å²) in [6.45, 7) is 4.29. The summed E-state index contributed by atoms with van der Waals surface area (Å²) in [5.41, 5.74) is 5.64. The fourth-order valence-electron chi connectivity index (χ4n) is 5.63. The van der Waals surface area contributed by atoms with Gasteiger partial charge in [0.05, 0.1) is 0 Å². The number of allylic oxidation sites excluding steroid dienone is 8. The van der Waals surface area contributed by atoms with Gasteiger partial charge in [0.25, 0.3) is 0 Å². The molecule has 0 radical (unpaired) electrons. The second kappa shape index (κ2) is 14.0. The minimum absolute atomic E-state index is 0. The molecule has 2 saturated carbocycles. The predicted molar refractivity (Wildman–Crippen MR) is 136 cm³/mol. The fraction of sp³-hybridized carbons (Fsp3) is 0.312. The van der Waals surface area contributed by atoms with Gasteiger partial charge < -0.3 is 37.7 Å². The van der Waals surface area contributed by atoms with Gasteiger partial charge in [-0.25, -0.2) is 0 Å². The summed E-state index contributed by atoms with van der Waals surface area (Å²) in [7, 11) is 0. The summed E-state index contributed by atoms with van der Waals surface area (Å²) in [4.78, 5) is 0. The molecule has 6 unspecified atom stereocenters. The third-order valence-corrected chi connectivity index (χ3v) is 7.57. The van der Waals surface area contributed by atoms with Gasteiger partial charge in [-0.05, 0) is 25.7 Å². The van der Waals surface area contributed by atoms with Crippen molar-refractivity contribution in [2.75, 3.05) is 0 Å². The molecule has 0 bridgehead atoms. The van der Waals surface area contributed by atoms with Crippen molar-refractivity contribution in [3.63, 3.8) is 0 Å². The number of aryl methyl sites for hydroxylation is 2. The number of halogens is 2. The average Bonchev–Trinajstić information content (AvgIpc) is 3.45. The summed E-state index contributed by atoms with van der Waals surface area (Å²) in [6, 6.07) is 18.0. The zero-order chi connectivity index (χ0) is 21.9. The van der Waals surface area contributed by atoms with Crippen LogP contribution in [0.2, 0.25) is 0 Å². The van der Waals surface area contributed by atoms with Gasteiger partial charge in [0.2, 0.25) is 0 Å². The normalized spacial score (nSPS) is 29.0. The van der Waals surface area contributed by atoms with Gasteiger partial charge in [-0.3, -0.25) is 0 Å². The van der Waals surface area contributed by atoms with Gasteiger partial charge >= 0.3 is 26.2 Å². The van der Waals surface area contributed by atoms with Crippen molar-refractivity contribution < 1.29 is 51.0 Å². The molecule has 0 spiro atoms. The molecule has 0 aromatic heterocycles. The van der Waals surface area contributed by atoms with Gasteiger partial charge in [-0.15, -0.1) is 35.8 Å². The second-order valence-electron chi connectivity index (χ2n) is 9.91. The number of benzene rings is 2. The molecule has 35 heavy (non-hydrogen) atoms. The Labute approximate surface area is 244 Å². The molecule has 2 fully saturated rings. The monoisotopic (exact) mass is 578 g/mol. The number of hydrogen-bond donors (Lipinski definition) is 0. The van der Waals surface area contributed by atoms with Crippen LogP contribution < -0.4 is 24.8 Å². The standard InChI is InChI=1S/2C16H17.2ClH.Zr/c2*1-12-6-8-13(9-7-12)16-10-14-4-2-3-5-15(14)11-16;;;/h2*2-10,14-16H,11H2,1H3;2*1H;/q2*-1;;;+4/p-2. The molecular formula is C32H34Cl2Zr. The SMILES string of the molecule is Cc1ccc(C2[CH-]C3C=CC=CC3C2)cc1.Cc1ccc(C2[CH-]C3C=CC=CC3C2)cc1.[Cl-].[Cl-].[Zr+4]. The van der Waals surface area contributed by atoms with Crippen LogP contribution in [0.4, 0.5) is 0 Å². The van der Waals surface area contributed by atoms with Crippen LogP contribution in [0.1, 0.15) is 46.9 Å². The van der Waals surface area contributed by atoms with E-state index in [4.69, 9.17) is 0 Å².